The summed E-state index contributed by atoms with van der Waals surface area (Å²) in [4.78, 5) is 2.73. The van der Waals surface area contributed by atoms with E-state index in [0.717, 1.165) is 13.1 Å². The molecule has 0 saturated carbocycles. The molecular formula is C23H25BrN2. The maximum Gasteiger partial charge on any atom is 0.0507 e. The molecular weight excluding hydrogens is 384 g/mol. The predicted molar refractivity (Wildman–Crippen MR) is 112 cm³/mol. The molecule has 0 N–H and O–H groups in total. The zero-order valence-electron chi connectivity index (χ0n) is 15.3. The van der Waals surface area contributed by atoms with E-state index in [1.807, 2.05) is 0 Å². The van der Waals surface area contributed by atoms with Gasteiger partial charge >= 0.3 is 0 Å². The summed E-state index contributed by atoms with van der Waals surface area (Å²) in [5.41, 5.74) is 7.48. The van der Waals surface area contributed by atoms with Gasteiger partial charge in [-0.25, -0.2) is 0 Å². The van der Waals surface area contributed by atoms with Crippen molar-refractivity contribution in [3.8, 4) is 0 Å². The average Bonchev–Trinajstić information content (AvgIpc) is 2.82. The lowest BCUT2D eigenvalue weighted by molar-refractivity contribution is 0.173. The maximum absolute atomic E-state index is 3.63. The summed E-state index contributed by atoms with van der Waals surface area (Å²) in [5.74, 6) is 0. The van der Waals surface area contributed by atoms with Gasteiger partial charge in [0.2, 0.25) is 0 Å². The van der Waals surface area contributed by atoms with Crippen molar-refractivity contribution in [1.29, 1.82) is 0 Å². The van der Waals surface area contributed by atoms with Crippen LogP contribution in [0.4, 0.5) is 0 Å². The molecule has 1 atom stereocenters. The zero-order valence-corrected chi connectivity index (χ0v) is 16.9. The van der Waals surface area contributed by atoms with E-state index in [9.17, 15) is 0 Å². The Bertz CT molecular complexity index is 968. The number of aromatic nitrogens is 1. The molecule has 134 valence electrons. The summed E-state index contributed by atoms with van der Waals surface area (Å²) in [5, 5.41) is 1.51. The lowest BCUT2D eigenvalue weighted by Gasteiger charge is -2.33. The Morgan fingerprint density at radius 3 is 2.88 bits per heavy atom. The van der Waals surface area contributed by atoms with Crippen LogP contribution in [0.25, 0.3) is 10.9 Å². The molecule has 2 aromatic carbocycles. The molecule has 0 saturated heterocycles. The largest absolute Gasteiger partial charge is 0.343 e. The zero-order chi connectivity index (χ0) is 17.7. The minimum absolute atomic E-state index is 0.563. The summed E-state index contributed by atoms with van der Waals surface area (Å²) < 4.78 is 3.83. The molecule has 0 spiro atoms. The fourth-order valence-corrected chi connectivity index (χ4v) is 5.50. The standard InChI is InChI=1S/C23H25BrN2/c1-16-9-10-21-20(13-16)19-7-3-8-22-23(19)26(21)12-4-11-25(22)15-17-5-2-6-18(24)14-17/h2,5-6,9-10,13-14,22H,3-4,7-8,11-12,15H2,1H3. The van der Waals surface area contributed by atoms with Gasteiger partial charge in [0.05, 0.1) is 6.04 Å². The van der Waals surface area contributed by atoms with Crippen molar-refractivity contribution in [2.75, 3.05) is 6.54 Å². The fraction of sp³-hybridized carbons (Fsp3) is 0.391. The van der Waals surface area contributed by atoms with Crippen LogP contribution >= 0.6 is 15.9 Å². The van der Waals surface area contributed by atoms with Gasteiger partial charge in [0, 0.05) is 40.7 Å². The van der Waals surface area contributed by atoms with E-state index >= 15 is 0 Å². The normalized spacial score (nSPS) is 20.2. The highest BCUT2D eigenvalue weighted by Crippen LogP contribution is 2.42. The average molecular weight is 409 g/mol. The molecule has 1 unspecified atom stereocenters. The Morgan fingerprint density at radius 1 is 1.08 bits per heavy atom. The Hall–Kier alpha value is -1.58. The topological polar surface area (TPSA) is 8.17 Å². The lowest BCUT2D eigenvalue weighted by atomic mass is 9.90. The van der Waals surface area contributed by atoms with Crippen molar-refractivity contribution < 1.29 is 0 Å². The molecule has 1 aromatic heterocycles. The van der Waals surface area contributed by atoms with Crippen LogP contribution in [0.15, 0.2) is 46.9 Å². The van der Waals surface area contributed by atoms with E-state index in [0.29, 0.717) is 6.04 Å². The second kappa shape index (κ2) is 6.54. The fourth-order valence-electron chi connectivity index (χ4n) is 5.05. The number of aryl methyl sites for hydroxylation is 3. The van der Waals surface area contributed by atoms with Crippen LogP contribution in [0.1, 0.15) is 47.7 Å². The summed E-state index contributed by atoms with van der Waals surface area (Å²) in [6, 6.07) is 16.4. The molecule has 3 aromatic rings. The van der Waals surface area contributed by atoms with E-state index in [1.165, 1.54) is 58.7 Å². The van der Waals surface area contributed by atoms with Gasteiger partial charge in [-0.3, -0.25) is 4.90 Å². The van der Waals surface area contributed by atoms with E-state index < -0.39 is 0 Å². The quantitative estimate of drug-likeness (QED) is 0.504. The number of halogens is 1. The summed E-state index contributed by atoms with van der Waals surface area (Å²) in [6.07, 6.45) is 5.06. The summed E-state index contributed by atoms with van der Waals surface area (Å²) >= 11 is 3.63. The molecule has 2 aliphatic rings. The van der Waals surface area contributed by atoms with Crippen molar-refractivity contribution in [3.63, 3.8) is 0 Å². The smallest absolute Gasteiger partial charge is 0.0507 e. The first-order valence-electron chi connectivity index (χ1n) is 9.81. The third-order valence-corrected chi connectivity index (χ3v) is 6.62. The molecule has 2 heterocycles. The van der Waals surface area contributed by atoms with E-state index in [-0.39, 0.29) is 0 Å². The van der Waals surface area contributed by atoms with Gasteiger partial charge in [-0.2, -0.15) is 0 Å². The molecule has 3 heteroatoms. The number of rotatable bonds is 2. The highest BCUT2D eigenvalue weighted by molar-refractivity contribution is 9.10. The predicted octanol–water partition coefficient (Wildman–Crippen LogP) is 6.00. The van der Waals surface area contributed by atoms with Crippen LogP contribution in [-0.4, -0.2) is 16.0 Å². The number of hydrogen-bond donors (Lipinski definition) is 0. The third-order valence-electron chi connectivity index (χ3n) is 6.13. The number of fused-ring (bicyclic) bond motifs is 3. The molecule has 1 aliphatic heterocycles. The number of hydrogen-bond acceptors (Lipinski definition) is 1. The van der Waals surface area contributed by atoms with Gasteiger partial charge in [-0.05, 0) is 68.0 Å². The number of nitrogens with zero attached hydrogens (tertiary/aromatic N) is 2. The second-order valence-corrected chi connectivity index (χ2v) is 8.81. The number of benzene rings is 2. The molecule has 0 bridgehead atoms. The van der Waals surface area contributed by atoms with Crippen LogP contribution in [0.3, 0.4) is 0 Å². The molecule has 1 aliphatic carbocycles. The van der Waals surface area contributed by atoms with Crippen molar-refractivity contribution in [3.05, 3.63) is 69.3 Å². The third kappa shape index (κ3) is 2.73. The Labute approximate surface area is 163 Å². The highest BCUT2D eigenvalue weighted by atomic mass is 79.9. The van der Waals surface area contributed by atoms with Crippen LogP contribution in [0.2, 0.25) is 0 Å². The van der Waals surface area contributed by atoms with Crippen molar-refractivity contribution in [2.24, 2.45) is 0 Å². The van der Waals surface area contributed by atoms with Gasteiger partial charge in [0.25, 0.3) is 0 Å². The molecule has 2 nitrogen and oxygen atoms in total. The Kier molecular flexibility index (Phi) is 4.17. The lowest BCUT2D eigenvalue weighted by Crippen LogP contribution is -2.31. The van der Waals surface area contributed by atoms with Gasteiger partial charge in [0.15, 0.2) is 0 Å². The van der Waals surface area contributed by atoms with Crippen LogP contribution in [0, 0.1) is 6.92 Å². The molecule has 5 rings (SSSR count). The van der Waals surface area contributed by atoms with Crippen LogP contribution in [-0.2, 0) is 19.5 Å². The first kappa shape index (κ1) is 16.6. The molecule has 0 amide bonds. The van der Waals surface area contributed by atoms with Gasteiger partial charge < -0.3 is 4.57 Å². The van der Waals surface area contributed by atoms with Gasteiger partial charge in [-0.1, -0.05) is 39.7 Å². The van der Waals surface area contributed by atoms with Crippen molar-refractivity contribution in [1.82, 2.24) is 9.47 Å². The molecule has 26 heavy (non-hydrogen) atoms. The summed E-state index contributed by atoms with van der Waals surface area (Å²) in [7, 11) is 0. The molecule has 0 radical (unpaired) electrons. The van der Waals surface area contributed by atoms with E-state index in [1.54, 1.807) is 11.3 Å². The monoisotopic (exact) mass is 408 g/mol. The first-order chi connectivity index (χ1) is 12.7. The van der Waals surface area contributed by atoms with Crippen molar-refractivity contribution >= 4 is 26.8 Å². The second-order valence-electron chi connectivity index (χ2n) is 7.90. The highest BCUT2D eigenvalue weighted by Gasteiger charge is 2.33. The van der Waals surface area contributed by atoms with E-state index in [2.05, 4.69) is 74.8 Å². The minimum atomic E-state index is 0.563. The van der Waals surface area contributed by atoms with Crippen molar-refractivity contribution in [2.45, 2.75) is 51.7 Å². The SMILES string of the molecule is Cc1ccc2c(c1)c1c3n2CCCN(Cc2cccc(Br)c2)C3CCC1. The Balaban J connectivity index is 1.60. The van der Waals surface area contributed by atoms with Gasteiger partial charge in [0.1, 0.15) is 0 Å². The Morgan fingerprint density at radius 2 is 2.00 bits per heavy atom. The van der Waals surface area contributed by atoms with Crippen LogP contribution in [0.5, 0.6) is 0 Å². The van der Waals surface area contributed by atoms with Crippen LogP contribution < -0.4 is 0 Å². The van der Waals surface area contributed by atoms with Gasteiger partial charge in [-0.15, -0.1) is 0 Å². The van der Waals surface area contributed by atoms with E-state index in [4.69, 9.17) is 0 Å². The first-order valence-corrected chi connectivity index (χ1v) is 10.6. The molecule has 0 fully saturated rings. The minimum Gasteiger partial charge on any atom is -0.343 e. The summed E-state index contributed by atoms with van der Waals surface area (Å²) in [6.45, 7) is 5.60. The maximum atomic E-state index is 3.63.